The molecule has 2 N–H and O–H groups in total. The number of aromatic nitrogens is 1. The fourth-order valence-corrected chi connectivity index (χ4v) is 2.40. The van der Waals surface area contributed by atoms with Gasteiger partial charge in [0.2, 0.25) is 0 Å². The van der Waals surface area contributed by atoms with Gasteiger partial charge in [0.05, 0.1) is 11.9 Å². The standard InChI is InChI=1S/C19H15ClFN3O/c1-12-16(20)3-2-4-17(12)24-18-10-9-15(11-22-18)23-19(25)13-5-7-14(21)8-6-13/h2-11H,1H3,(H,22,24)(H,23,25). The minimum Gasteiger partial charge on any atom is -0.340 e. The van der Waals surface area contributed by atoms with Gasteiger partial charge in [-0.05, 0) is 61.0 Å². The third-order valence-electron chi connectivity index (χ3n) is 3.66. The van der Waals surface area contributed by atoms with Gasteiger partial charge in [-0.3, -0.25) is 4.79 Å². The summed E-state index contributed by atoms with van der Waals surface area (Å²) in [6.45, 7) is 1.92. The van der Waals surface area contributed by atoms with Crippen LogP contribution in [0.5, 0.6) is 0 Å². The maximum atomic E-state index is 12.9. The van der Waals surface area contributed by atoms with Crippen molar-refractivity contribution in [1.29, 1.82) is 0 Å². The van der Waals surface area contributed by atoms with Crippen molar-refractivity contribution >= 4 is 34.7 Å². The van der Waals surface area contributed by atoms with Crippen molar-refractivity contribution in [3.8, 4) is 0 Å². The molecule has 0 saturated heterocycles. The molecular weight excluding hydrogens is 341 g/mol. The van der Waals surface area contributed by atoms with E-state index in [2.05, 4.69) is 15.6 Å². The van der Waals surface area contributed by atoms with Crippen LogP contribution in [0.2, 0.25) is 5.02 Å². The number of hydrogen-bond acceptors (Lipinski definition) is 3. The Hall–Kier alpha value is -2.92. The molecule has 0 bridgehead atoms. The number of halogens is 2. The van der Waals surface area contributed by atoms with Crippen LogP contribution in [0.4, 0.5) is 21.6 Å². The average molecular weight is 356 g/mol. The Labute approximate surface area is 149 Å². The molecule has 3 rings (SSSR count). The topological polar surface area (TPSA) is 54.0 Å². The minimum atomic E-state index is -0.384. The lowest BCUT2D eigenvalue weighted by Gasteiger charge is -2.11. The van der Waals surface area contributed by atoms with Gasteiger partial charge >= 0.3 is 0 Å². The number of hydrogen-bond donors (Lipinski definition) is 2. The molecule has 0 unspecified atom stereocenters. The Bertz CT molecular complexity index is 896. The zero-order chi connectivity index (χ0) is 17.8. The maximum Gasteiger partial charge on any atom is 0.255 e. The van der Waals surface area contributed by atoms with Crippen molar-refractivity contribution in [3.05, 3.63) is 82.8 Å². The van der Waals surface area contributed by atoms with Crippen LogP contribution in [0, 0.1) is 12.7 Å². The molecule has 0 atom stereocenters. The van der Waals surface area contributed by atoms with Gasteiger partial charge in [-0.1, -0.05) is 17.7 Å². The van der Waals surface area contributed by atoms with Crippen molar-refractivity contribution in [2.75, 3.05) is 10.6 Å². The second kappa shape index (κ2) is 7.32. The van der Waals surface area contributed by atoms with Crippen LogP contribution in [0.25, 0.3) is 0 Å². The van der Waals surface area contributed by atoms with Crippen molar-refractivity contribution in [2.24, 2.45) is 0 Å². The summed E-state index contributed by atoms with van der Waals surface area (Å²) in [6.07, 6.45) is 1.55. The number of benzene rings is 2. The monoisotopic (exact) mass is 355 g/mol. The summed E-state index contributed by atoms with van der Waals surface area (Å²) in [5, 5.41) is 6.57. The molecule has 0 aliphatic carbocycles. The molecule has 6 heteroatoms. The van der Waals surface area contributed by atoms with E-state index >= 15 is 0 Å². The number of anilines is 3. The highest BCUT2D eigenvalue weighted by Crippen LogP contribution is 2.25. The molecule has 0 saturated carbocycles. The first kappa shape index (κ1) is 16.9. The smallest absolute Gasteiger partial charge is 0.255 e. The zero-order valence-corrected chi connectivity index (χ0v) is 14.1. The van der Waals surface area contributed by atoms with Gasteiger partial charge in [0.25, 0.3) is 5.91 Å². The fraction of sp³-hybridized carbons (Fsp3) is 0.0526. The lowest BCUT2D eigenvalue weighted by Crippen LogP contribution is -2.12. The first-order valence-electron chi connectivity index (χ1n) is 7.58. The van der Waals surface area contributed by atoms with Crippen LogP contribution in [-0.2, 0) is 0 Å². The van der Waals surface area contributed by atoms with Crippen LogP contribution in [0.1, 0.15) is 15.9 Å². The molecule has 126 valence electrons. The van der Waals surface area contributed by atoms with Crippen LogP contribution < -0.4 is 10.6 Å². The Balaban J connectivity index is 1.69. The van der Waals surface area contributed by atoms with E-state index in [4.69, 9.17) is 11.6 Å². The van der Waals surface area contributed by atoms with E-state index in [0.29, 0.717) is 22.1 Å². The molecule has 0 spiro atoms. The first-order valence-corrected chi connectivity index (χ1v) is 7.96. The third-order valence-corrected chi connectivity index (χ3v) is 4.07. The molecule has 0 fully saturated rings. The molecule has 0 radical (unpaired) electrons. The van der Waals surface area contributed by atoms with Gasteiger partial charge in [-0.2, -0.15) is 0 Å². The van der Waals surface area contributed by atoms with Crippen LogP contribution in [-0.4, -0.2) is 10.9 Å². The molecule has 4 nitrogen and oxygen atoms in total. The van der Waals surface area contributed by atoms with E-state index in [0.717, 1.165) is 11.3 Å². The molecule has 1 heterocycles. The number of nitrogens with zero attached hydrogens (tertiary/aromatic N) is 1. The Kier molecular flexibility index (Phi) is 4.95. The second-order valence-corrected chi connectivity index (χ2v) is 5.84. The number of pyridine rings is 1. The lowest BCUT2D eigenvalue weighted by molar-refractivity contribution is 0.102. The van der Waals surface area contributed by atoms with E-state index < -0.39 is 0 Å². The van der Waals surface area contributed by atoms with Crippen LogP contribution >= 0.6 is 11.6 Å². The van der Waals surface area contributed by atoms with Crippen molar-refractivity contribution < 1.29 is 9.18 Å². The van der Waals surface area contributed by atoms with E-state index in [1.807, 2.05) is 25.1 Å². The fourth-order valence-electron chi connectivity index (χ4n) is 2.23. The molecule has 3 aromatic rings. The predicted molar refractivity (Wildman–Crippen MR) is 98.1 cm³/mol. The summed E-state index contributed by atoms with van der Waals surface area (Å²) in [6, 6.07) is 14.4. The molecule has 1 aromatic heterocycles. The van der Waals surface area contributed by atoms with Crippen molar-refractivity contribution in [3.63, 3.8) is 0 Å². The van der Waals surface area contributed by atoms with E-state index in [1.54, 1.807) is 18.3 Å². The second-order valence-electron chi connectivity index (χ2n) is 5.43. The van der Waals surface area contributed by atoms with Gasteiger partial charge in [-0.25, -0.2) is 9.37 Å². The molecule has 0 aliphatic rings. The summed E-state index contributed by atoms with van der Waals surface area (Å²) in [5.74, 6) is -0.0803. The molecule has 1 amide bonds. The summed E-state index contributed by atoms with van der Waals surface area (Å²) in [7, 11) is 0. The molecular formula is C19H15ClFN3O. The van der Waals surface area contributed by atoms with E-state index in [1.165, 1.54) is 24.3 Å². The van der Waals surface area contributed by atoms with Gasteiger partial charge in [0.15, 0.2) is 0 Å². The minimum absolute atomic E-state index is 0.326. The number of nitrogens with one attached hydrogen (secondary N) is 2. The largest absolute Gasteiger partial charge is 0.340 e. The number of carbonyl (C=O) groups excluding carboxylic acids is 1. The van der Waals surface area contributed by atoms with Crippen molar-refractivity contribution in [2.45, 2.75) is 6.92 Å². The highest BCUT2D eigenvalue weighted by Gasteiger charge is 2.07. The maximum absolute atomic E-state index is 12.9. The first-order chi connectivity index (χ1) is 12.0. The van der Waals surface area contributed by atoms with Crippen LogP contribution in [0.3, 0.4) is 0 Å². The van der Waals surface area contributed by atoms with Gasteiger partial charge < -0.3 is 10.6 Å². The Morgan fingerprint density at radius 3 is 2.52 bits per heavy atom. The number of carbonyl (C=O) groups is 1. The summed E-state index contributed by atoms with van der Waals surface area (Å²) >= 11 is 6.10. The van der Waals surface area contributed by atoms with Gasteiger partial charge in [0, 0.05) is 16.3 Å². The SMILES string of the molecule is Cc1c(Cl)cccc1Nc1ccc(NC(=O)c2ccc(F)cc2)cn1. The number of amides is 1. The summed E-state index contributed by atoms with van der Waals surface area (Å²) < 4.78 is 12.9. The quantitative estimate of drug-likeness (QED) is 0.678. The van der Waals surface area contributed by atoms with E-state index in [-0.39, 0.29) is 11.7 Å². The Morgan fingerprint density at radius 1 is 1.08 bits per heavy atom. The van der Waals surface area contributed by atoms with Gasteiger partial charge in [-0.15, -0.1) is 0 Å². The summed E-state index contributed by atoms with van der Waals surface area (Å²) in [5.41, 5.74) is 2.71. The highest BCUT2D eigenvalue weighted by molar-refractivity contribution is 6.31. The van der Waals surface area contributed by atoms with E-state index in [9.17, 15) is 9.18 Å². The highest BCUT2D eigenvalue weighted by atomic mass is 35.5. The predicted octanol–water partition coefficient (Wildman–Crippen LogP) is 5.18. The van der Waals surface area contributed by atoms with Gasteiger partial charge in [0.1, 0.15) is 11.6 Å². The summed E-state index contributed by atoms with van der Waals surface area (Å²) in [4.78, 5) is 16.4. The Morgan fingerprint density at radius 2 is 1.84 bits per heavy atom. The lowest BCUT2D eigenvalue weighted by atomic mass is 10.2. The molecule has 0 aliphatic heterocycles. The van der Waals surface area contributed by atoms with Crippen LogP contribution in [0.15, 0.2) is 60.8 Å². The third kappa shape index (κ3) is 4.14. The van der Waals surface area contributed by atoms with Crippen molar-refractivity contribution in [1.82, 2.24) is 4.98 Å². The number of rotatable bonds is 4. The normalized spacial score (nSPS) is 10.4. The molecule has 2 aromatic carbocycles. The average Bonchev–Trinajstić information content (AvgIpc) is 2.61. The molecule has 25 heavy (non-hydrogen) atoms. The zero-order valence-electron chi connectivity index (χ0n) is 13.4.